The molecule has 0 aromatic carbocycles. The minimum Gasteiger partial charge on any atom is -0.363 e. The van der Waals surface area contributed by atoms with Crippen molar-refractivity contribution < 1.29 is 0 Å². The SMILES string of the molecule is CN(C)c1cc(C2CCCN2Cc2nccn2C)ccn1. The molecular formula is C16H23N5. The topological polar surface area (TPSA) is 37.2 Å². The fourth-order valence-electron chi connectivity index (χ4n) is 3.01. The molecule has 0 aliphatic carbocycles. The van der Waals surface area contributed by atoms with E-state index >= 15 is 0 Å². The third kappa shape index (κ3) is 2.93. The lowest BCUT2D eigenvalue weighted by Gasteiger charge is -2.25. The van der Waals surface area contributed by atoms with Crippen LogP contribution in [0.1, 0.15) is 30.3 Å². The molecule has 3 heterocycles. The second-order valence-electron chi connectivity index (χ2n) is 5.92. The van der Waals surface area contributed by atoms with Gasteiger partial charge in [0.05, 0.1) is 6.54 Å². The average Bonchev–Trinajstić information content (AvgIpc) is 3.09. The van der Waals surface area contributed by atoms with Gasteiger partial charge in [0.25, 0.3) is 0 Å². The van der Waals surface area contributed by atoms with Crippen molar-refractivity contribution in [2.75, 3.05) is 25.5 Å². The predicted octanol–water partition coefficient (Wildman–Crippen LogP) is 2.22. The number of aryl methyl sites for hydroxylation is 1. The summed E-state index contributed by atoms with van der Waals surface area (Å²) in [7, 11) is 6.13. The smallest absolute Gasteiger partial charge is 0.128 e. The number of anilines is 1. The lowest BCUT2D eigenvalue weighted by atomic mass is 10.1. The van der Waals surface area contributed by atoms with Crippen LogP contribution in [-0.4, -0.2) is 40.1 Å². The zero-order valence-corrected chi connectivity index (χ0v) is 13.0. The summed E-state index contributed by atoms with van der Waals surface area (Å²) in [5.41, 5.74) is 1.36. The van der Waals surface area contributed by atoms with Crippen molar-refractivity contribution in [1.82, 2.24) is 19.4 Å². The molecule has 1 saturated heterocycles. The molecule has 0 saturated carbocycles. The van der Waals surface area contributed by atoms with Gasteiger partial charge in [0.2, 0.25) is 0 Å². The summed E-state index contributed by atoms with van der Waals surface area (Å²) in [5, 5.41) is 0. The number of pyridine rings is 1. The molecule has 1 aliphatic rings. The van der Waals surface area contributed by atoms with E-state index in [9.17, 15) is 0 Å². The van der Waals surface area contributed by atoms with E-state index in [0.717, 1.165) is 24.7 Å². The van der Waals surface area contributed by atoms with Gasteiger partial charge in [-0.15, -0.1) is 0 Å². The summed E-state index contributed by atoms with van der Waals surface area (Å²) >= 11 is 0. The quantitative estimate of drug-likeness (QED) is 0.863. The molecule has 0 radical (unpaired) electrons. The van der Waals surface area contributed by atoms with E-state index in [0.29, 0.717) is 6.04 Å². The van der Waals surface area contributed by atoms with E-state index in [-0.39, 0.29) is 0 Å². The summed E-state index contributed by atoms with van der Waals surface area (Å²) in [6.45, 7) is 2.05. The molecule has 5 heteroatoms. The second kappa shape index (κ2) is 5.85. The Balaban J connectivity index is 1.80. The van der Waals surface area contributed by atoms with Gasteiger partial charge in [-0.1, -0.05) is 0 Å². The molecule has 112 valence electrons. The van der Waals surface area contributed by atoms with Crippen LogP contribution in [-0.2, 0) is 13.6 Å². The number of hydrogen-bond acceptors (Lipinski definition) is 4. The van der Waals surface area contributed by atoms with E-state index in [2.05, 4.69) is 43.5 Å². The highest BCUT2D eigenvalue weighted by Gasteiger charge is 2.27. The molecule has 0 spiro atoms. The summed E-state index contributed by atoms with van der Waals surface area (Å²) < 4.78 is 2.10. The maximum Gasteiger partial charge on any atom is 0.128 e. The van der Waals surface area contributed by atoms with Crippen molar-refractivity contribution >= 4 is 5.82 Å². The van der Waals surface area contributed by atoms with Gasteiger partial charge in [-0.3, -0.25) is 4.90 Å². The van der Waals surface area contributed by atoms with Gasteiger partial charge in [0.1, 0.15) is 11.6 Å². The van der Waals surface area contributed by atoms with Gasteiger partial charge in [-0.25, -0.2) is 9.97 Å². The van der Waals surface area contributed by atoms with Gasteiger partial charge in [0, 0.05) is 45.8 Å². The van der Waals surface area contributed by atoms with Gasteiger partial charge >= 0.3 is 0 Å². The summed E-state index contributed by atoms with van der Waals surface area (Å²) in [6, 6.07) is 4.83. The zero-order valence-electron chi connectivity index (χ0n) is 13.0. The van der Waals surface area contributed by atoms with E-state index < -0.39 is 0 Å². The first-order valence-corrected chi connectivity index (χ1v) is 7.48. The molecule has 2 aromatic heterocycles. The molecule has 1 atom stereocenters. The Labute approximate surface area is 126 Å². The van der Waals surface area contributed by atoms with Crippen molar-refractivity contribution in [3.63, 3.8) is 0 Å². The number of hydrogen-bond donors (Lipinski definition) is 0. The number of rotatable bonds is 4. The standard InChI is InChI=1S/C16H23N5/c1-19(2)15-11-13(6-7-17-15)14-5-4-9-21(14)12-16-18-8-10-20(16)3/h6-8,10-11,14H,4-5,9,12H2,1-3H3. The first-order valence-electron chi connectivity index (χ1n) is 7.48. The Morgan fingerprint density at radius 1 is 1.29 bits per heavy atom. The van der Waals surface area contributed by atoms with Gasteiger partial charge in [0.15, 0.2) is 0 Å². The Hall–Kier alpha value is -1.88. The molecule has 1 fully saturated rings. The fourth-order valence-corrected chi connectivity index (χ4v) is 3.01. The van der Waals surface area contributed by atoms with Crippen LogP contribution >= 0.6 is 0 Å². The summed E-state index contributed by atoms with van der Waals surface area (Å²) in [5.74, 6) is 2.15. The van der Waals surface area contributed by atoms with Crippen LogP contribution in [0.25, 0.3) is 0 Å². The molecule has 1 aliphatic heterocycles. The monoisotopic (exact) mass is 285 g/mol. The van der Waals surface area contributed by atoms with Crippen molar-refractivity contribution in [3.8, 4) is 0 Å². The van der Waals surface area contributed by atoms with Crippen molar-refractivity contribution in [2.45, 2.75) is 25.4 Å². The molecule has 3 rings (SSSR count). The van der Waals surface area contributed by atoms with Crippen LogP contribution < -0.4 is 4.90 Å². The highest BCUT2D eigenvalue weighted by Crippen LogP contribution is 2.33. The molecule has 0 bridgehead atoms. The highest BCUT2D eigenvalue weighted by molar-refractivity contribution is 5.40. The highest BCUT2D eigenvalue weighted by atomic mass is 15.2. The van der Waals surface area contributed by atoms with E-state index in [1.54, 1.807) is 0 Å². The van der Waals surface area contributed by atoms with E-state index in [1.165, 1.54) is 18.4 Å². The lowest BCUT2D eigenvalue weighted by Crippen LogP contribution is -2.24. The van der Waals surface area contributed by atoms with Crippen LogP contribution in [0, 0.1) is 0 Å². The third-order valence-electron chi connectivity index (χ3n) is 4.24. The second-order valence-corrected chi connectivity index (χ2v) is 5.92. The maximum absolute atomic E-state index is 4.45. The number of likely N-dealkylation sites (tertiary alicyclic amines) is 1. The Morgan fingerprint density at radius 2 is 2.14 bits per heavy atom. The van der Waals surface area contributed by atoms with Crippen LogP contribution in [0.5, 0.6) is 0 Å². The van der Waals surface area contributed by atoms with Gasteiger partial charge in [-0.2, -0.15) is 0 Å². The third-order valence-corrected chi connectivity index (χ3v) is 4.24. The number of imidazole rings is 1. The minimum absolute atomic E-state index is 0.475. The normalized spacial score (nSPS) is 19.1. The van der Waals surface area contributed by atoms with Crippen LogP contribution in [0.3, 0.4) is 0 Å². The van der Waals surface area contributed by atoms with Crippen molar-refractivity contribution in [3.05, 3.63) is 42.1 Å². The van der Waals surface area contributed by atoms with Crippen LogP contribution in [0.4, 0.5) is 5.82 Å². The van der Waals surface area contributed by atoms with Gasteiger partial charge < -0.3 is 9.47 Å². The molecule has 5 nitrogen and oxygen atoms in total. The molecule has 1 unspecified atom stereocenters. The molecule has 2 aromatic rings. The number of nitrogens with zero attached hydrogens (tertiary/aromatic N) is 5. The van der Waals surface area contributed by atoms with Crippen molar-refractivity contribution in [1.29, 1.82) is 0 Å². The van der Waals surface area contributed by atoms with Crippen LogP contribution in [0.15, 0.2) is 30.7 Å². The van der Waals surface area contributed by atoms with E-state index in [4.69, 9.17) is 0 Å². The van der Waals surface area contributed by atoms with Gasteiger partial charge in [-0.05, 0) is 37.1 Å². The molecule has 21 heavy (non-hydrogen) atoms. The summed E-state index contributed by atoms with van der Waals surface area (Å²) in [4.78, 5) is 13.5. The van der Waals surface area contributed by atoms with Crippen LogP contribution in [0.2, 0.25) is 0 Å². The fraction of sp³-hybridized carbons (Fsp3) is 0.500. The largest absolute Gasteiger partial charge is 0.363 e. The minimum atomic E-state index is 0.475. The maximum atomic E-state index is 4.45. The first-order chi connectivity index (χ1) is 10.1. The first kappa shape index (κ1) is 14.1. The summed E-state index contributed by atoms with van der Waals surface area (Å²) in [6.07, 6.45) is 8.26. The lowest BCUT2D eigenvalue weighted by molar-refractivity contribution is 0.240. The van der Waals surface area contributed by atoms with E-state index in [1.807, 2.05) is 32.7 Å². The average molecular weight is 285 g/mol. The molecule has 0 N–H and O–H groups in total. The zero-order chi connectivity index (χ0) is 14.8. The molecule has 0 amide bonds. The Kier molecular flexibility index (Phi) is 3.92. The van der Waals surface area contributed by atoms with Crippen molar-refractivity contribution in [2.24, 2.45) is 7.05 Å². The Morgan fingerprint density at radius 3 is 2.86 bits per heavy atom. The molecular weight excluding hydrogens is 262 g/mol. The Bertz CT molecular complexity index is 604. The number of aromatic nitrogens is 3. The predicted molar refractivity (Wildman–Crippen MR) is 84.2 cm³/mol.